The molecule has 0 radical (unpaired) electrons. The molecule has 0 heterocycles. The number of hydrogen-bond acceptors (Lipinski definition) is 4. The van der Waals surface area contributed by atoms with Crippen molar-refractivity contribution in [3.05, 3.63) is 255 Å². The normalized spacial score (nSPS) is 16.3. The number of carbonyl (C=O) groups excluding carboxylic acids is 2. The Hall–Kier alpha value is -9.38. The van der Waals surface area contributed by atoms with Crippen LogP contribution in [0.5, 0.6) is 0 Å². The molecule has 14 rings (SSSR count). The molecule has 4 aliphatic rings. The molecule has 2 atom stereocenters. The molecule has 0 aliphatic heterocycles. The van der Waals surface area contributed by atoms with Gasteiger partial charge in [0.2, 0.25) is 0 Å². The molecular formula is C72H50O4. The van der Waals surface area contributed by atoms with E-state index < -0.39 is 22.8 Å². The number of allylic oxidation sites excluding steroid dienone is 2. The lowest BCUT2D eigenvalue weighted by molar-refractivity contribution is -0.138. The van der Waals surface area contributed by atoms with E-state index in [0.717, 1.165) is 77.9 Å². The van der Waals surface area contributed by atoms with Crippen molar-refractivity contribution in [1.82, 2.24) is 0 Å². The summed E-state index contributed by atoms with van der Waals surface area (Å²) in [6.07, 6.45) is 7.49. The minimum absolute atomic E-state index is 0.176. The molecule has 76 heavy (non-hydrogen) atoms. The molecule has 0 amide bonds. The van der Waals surface area contributed by atoms with Crippen LogP contribution in [0, 0.1) is 0 Å². The third kappa shape index (κ3) is 6.37. The average molecular weight is 979 g/mol. The first-order valence-corrected chi connectivity index (χ1v) is 26.1. The zero-order valence-electron chi connectivity index (χ0n) is 41.9. The van der Waals surface area contributed by atoms with Gasteiger partial charge in [0.05, 0.1) is 13.2 Å². The van der Waals surface area contributed by atoms with E-state index in [9.17, 15) is 9.59 Å². The van der Waals surface area contributed by atoms with Crippen LogP contribution in [0.1, 0.15) is 35.1 Å². The Kier molecular flexibility index (Phi) is 10.2. The summed E-state index contributed by atoms with van der Waals surface area (Å²) in [6, 6.07) is 66.9. The molecule has 4 nitrogen and oxygen atoms in total. The minimum Gasteiger partial charge on any atom is -0.462 e. The van der Waals surface area contributed by atoms with Crippen molar-refractivity contribution in [3.63, 3.8) is 0 Å². The van der Waals surface area contributed by atoms with Crippen molar-refractivity contribution in [2.45, 2.75) is 23.7 Å². The van der Waals surface area contributed by atoms with Crippen LogP contribution in [-0.2, 0) is 29.9 Å². The third-order valence-electron chi connectivity index (χ3n) is 17.1. The van der Waals surface area contributed by atoms with Crippen LogP contribution in [-0.4, -0.2) is 25.2 Å². The Labute approximate surface area is 442 Å². The quantitative estimate of drug-likeness (QED) is 0.0656. The van der Waals surface area contributed by atoms with Crippen LogP contribution in [0.25, 0.3) is 122 Å². The van der Waals surface area contributed by atoms with Crippen LogP contribution in [0.3, 0.4) is 0 Å². The van der Waals surface area contributed by atoms with Gasteiger partial charge in [0.25, 0.3) is 0 Å². The number of esters is 2. The van der Waals surface area contributed by atoms with Crippen LogP contribution >= 0.6 is 0 Å². The summed E-state index contributed by atoms with van der Waals surface area (Å²) in [4.78, 5) is 25.2. The number of fused-ring (bicyclic) bond motifs is 12. The lowest BCUT2D eigenvalue weighted by Gasteiger charge is -2.30. The molecule has 2 unspecified atom stereocenters. The molecule has 0 bridgehead atoms. The molecule has 10 aromatic carbocycles. The first-order valence-electron chi connectivity index (χ1n) is 26.1. The van der Waals surface area contributed by atoms with E-state index in [-0.39, 0.29) is 13.2 Å². The number of rotatable bonds is 13. The standard InChI is InChI=1S/C72H50O4/c1-5-67(73)75-37-35-71(7-3)63-39-43(23-27-53(63)55-29-25-45(41-65(55)71)47-31-33-61-51-17-11-9-15-49(51)59-21-13-19-57(47)69(59)61)44-24-28-54-56-30-26-46(42-66(56)72(8-4,64(54)40-44)36-38-76-68(74)6-2)48-32-34-62-52-18-12-10-16-50(52)60-22-14-20-58(48)70(60)62/h5-34,39-42H,1-4,35-38H2. The molecule has 10 aromatic rings. The predicted octanol–water partition coefficient (Wildman–Crippen LogP) is 17.4. The van der Waals surface area contributed by atoms with Crippen molar-refractivity contribution in [1.29, 1.82) is 0 Å². The third-order valence-corrected chi connectivity index (χ3v) is 17.1. The zero-order valence-corrected chi connectivity index (χ0v) is 41.9. The summed E-state index contributed by atoms with van der Waals surface area (Å²) >= 11 is 0. The molecular weight excluding hydrogens is 929 g/mol. The smallest absolute Gasteiger partial charge is 0.330 e. The molecule has 4 heteroatoms. The van der Waals surface area contributed by atoms with Crippen molar-refractivity contribution < 1.29 is 19.1 Å². The van der Waals surface area contributed by atoms with Gasteiger partial charge in [-0.1, -0.05) is 183 Å². The van der Waals surface area contributed by atoms with E-state index >= 15 is 0 Å². The fraction of sp³-hybridized carbons (Fsp3) is 0.0833. The van der Waals surface area contributed by atoms with Crippen molar-refractivity contribution in [2.24, 2.45) is 0 Å². The van der Waals surface area contributed by atoms with Gasteiger partial charge >= 0.3 is 11.9 Å². The average Bonchev–Trinajstić information content (AvgIpc) is 4.27. The van der Waals surface area contributed by atoms with Crippen LogP contribution in [0.15, 0.2) is 233 Å². The maximum absolute atomic E-state index is 12.6. The summed E-state index contributed by atoms with van der Waals surface area (Å²) in [6.45, 7) is 16.8. The predicted molar refractivity (Wildman–Crippen MR) is 311 cm³/mol. The van der Waals surface area contributed by atoms with Crippen molar-refractivity contribution >= 4 is 33.5 Å². The first-order chi connectivity index (χ1) is 37.3. The highest BCUT2D eigenvalue weighted by Gasteiger charge is 2.44. The second kappa shape index (κ2) is 17.1. The van der Waals surface area contributed by atoms with Gasteiger partial charge in [-0.15, -0.1) is 13.2 Å². The highest BCUT2D eigenvalue weighted by Crippen LogP contribution is 2.58. The Morgan fingerprint density at radius 3 is 1.00 bits per heavy atom. The SMILES string of the molecule is C=CC(=O)OCCC1(C=C)c2cc(-c3ccc4c(c3)C(C=C)(CCOC(=O)C=C)c3cc(-c5ccc6c7c(cccc57)-c5ccccc5-6)ccc3-4)ccc2-c2ccc(-c3ccc4c5c(cccc35)-c3ccccc3-4)cc21. The van der Waals surface area contributed by atoms with Crippen molar-refractivity contribution in [2.75, 3.05) is 13.2 Å². The Bertz CT molecular complexity index is 3930. The van der Waals surface area contributed by atoms with Gasteiger partial charge < -0.3 is 9.47 Å². The van der Waals surface area contributed by atoms with Gasteiger partial charge in [-0.2, -0.15) is 0 Å². The summed E-state index contributed by atoms with van der Waals surface area (Å²) in [5.41, 5.74) is 24.3. The minimum atomic E-state index is -0.697. The Morgan fingerprint density at radius 1 is 0.342 bits per heavy atom. The highest BCUT2D eigenvalue weighted by atomic mass is 16.5. The monoisotopic (exact) mass is 978 g/mol. The molecule has 0 saturated carbocycles. The fourth-order valence-electron chi connectivity index (χ4n) is 13.6. The molecule has 0 aromatic heterocycles. The van der Waals surface area contributed by atoms with E-state index in [1.807, 2.05) is 12.2 Å². The maximum atomic E-state index is 12.6. The lowest BCUT2D eigenvalue weighted by atomic mass is 9.74. The summed E-state index contributed by atoms with van der Waals surface area (Å²) in [5.74, 6) is -0.914. The number of carbonyl (C=O) groups is 2. The van der Waals surface area contributed by atoms with Crippen LogP contribution in [0.4, 0.5) is 0 Å². The molecule has 0 saturated heterocycles. The second-order valence-electron chi connectivity index (χ2n) is 20.5. The van der Waals surface area contributed by atoms with E-state index in [1.54, 1.807) is 0 Å². The summed E-state index contributed by atoms with van der Waals surface area (Å²) in [5, 5.41) is 4.98. The maximum Gasteiger partial charge on any atom is 0.330 e. The summed E-state index contributed by atoms with van der Waals surface area (Å²) < 4.78 is 11.5. The summed E-state index contributed by atoms with van der Waals surface area (Å²) in [7, 11) is 0. The molecule has 0 N–H and O–H groups in total. The van der Waals surface area contributed by atoms with E-state index in [2.05, 4.69) is 208 Å². The van der Waals surface area contributed by atoms with Gasteiger partial charge in [-0.05, 0) is 181 Å². The zero-order chi connectivity index (χ0) is 51.5. The van der Waals surface area contributed by atoms with E-state index in [4.69, 9.17) is 9.47 Å². The Balaban J connectivity index is 0.879. The fourth-order valence-corrected chi connectivity index (χ4v) is 13.6. The number of hydrogen-bond donors (Lipinski definition) is 0. The Morgan fingerprint density at radius 2 is 0.645 bits per heavy atom. The molecule has 0 fully saturated rings. The largest absolute Gasteiger partial charge is 0.462 e. The molecule has 362 valence electrons. The number of ether oxygens (including phenoxy) is 2. The van der Waals surface area contributed by atoms with Gasteiger partial charge in [0, 0.05) is 23.0 Å². The van der Waals surface area contributed by atoms with Gasteiger partial charge in [-0.25, -0.2) is 9.59 Å². The number of benzene rings is 10. The van der Waals surface area contributed by atoms with Gasteiger partial charge in [0.1, 0.15) is 0 Å². The van der Waals surface area contributed by atoms with Gasteiger partial charge in [0.15, 0.2) is 0 Å². The van der Waals surface area contributed by atoms with Crippen molar-refractivity contribution in [3.8, 4) is 100 Å². The lowest BCUT2D eigenvalue weighted by Crippen LogP contribution is -2.25. The molecule has 4 aliphatic carbocycles. The van der Waals surface area contributed by atoms with E-state index in [0.29, 0.717) is 12.8 Å². The second-order valence-corrected chi connectivity index (χ2v) is 20.5. The topological polar surface area (TPSA) is 52.6 Å². The molecule has 0 spiro atoms. The van der Waals surface area contributed by atoms with Gasteiger partial charge in [-0.3, -0.25) is 0 Å². The van der Waals surface area contributed by atoms with E-state index in [1.165, 1.54) is 78.2 Å². The highest BCUT2D eigenvalue weighted by molar-refractivity contribution is 6.20. The van der Waals surface area contributed by atoms with Crippen LogP contribution in [0.2, 0.25) is 0 Å². The first kappa shape index (κ1) is 45.3. The van der Waals surface area contributed by atoms with Crippen LogP contribution < -0.4 is 0 Å².